The van der Waals surface area contributed by atoms with E-state index in [9.17, 15) is 17.9 Å². The lowest BCUT2D eigenvalue weighted by Crippen LogP contribution is -2.22. The van der Waals surface area contributed by atoms with Crippen molar-refractivity contribution in [2.45, 2.75) is 24.3 Å². The predicted octanol–water partition coefficient (Wildman–Crippen LogP) is 3.99. The predicted molar refractivity (Wildman–Crippen MR) is 126 cm³/mol. The number of hydrogen-bond donors (Lipinski definition) is 2. The Kier molecular flexibility index (Phi) is 6.58. The first-order valence-corrected chi connectivity index (χ1v) is 12.0. The summed E-state index contributed by atoms with van der Waals surface area (Å²) in [7, 11) is -4.05. The second kappa shape index (κ2) is 9.46. The molecular weight excluding hydrogens is 476 g/mol. The van der Waals surface area contributed by atoms with Crippen LogP contribution in [0.4, 0.5) is 8.78 Å². The van der Waals surface area contributed by atoms with Crippen LogP contribution in [0.25, 0.3) is 10.9 Å². The summed E-state index contributed by atoms with van der Waals surface area (Å²) in [6.45, 7) is 1.70. The molecule has 0 aliphatic carbocycles. The molecule has 3 N–H and O–H groups in total. The van der Waals surface area contributed by atoms with Crippen LogP contribution < -0.4 is 10.5 Å². The third-order valence-corrected chi connectivity index (χ3v) is 7.24. The van der Waals surface area contributed by atoms with E-state index < -0.39 is 27.8 Å². The van der Waals surface area contributed by atoms with E-state index in [0.717, 1.165) is 27.7 Å². The fraction of sp³-hybridized carbons (Fsp3) is 0.160. The minimum atomic E-state index is -4.05. The molecule has 1 aromatic heterocycles. The summed E-state index contributed by atoms with van der Waals surface area (Å²) in [6.07, 6.45) is 0.0935. The molecule has 1 atom stereocenters. The van der Waals surface area contributed by atoms with Gasteiger partial charge in [-0.25, -0.2) is 21.2 Å². The van der Waals surface area contributed by atoms with Crippen molar-refractivity contribution < 1.29 is 27.0 Å². The standard InChI is InChI=1S/C25H21F2N3O4S/c1-15-2-5-19(6-3-15)35(32,33)30-9-8-20-21(11-17(31)14-29)25(23(27)12-24(20)30)34-18-4-7-22(26)16(10-18)13-28/h2-10,12,17,31H,11,14,29H2,1H3. The molecule has 10 heteroatoms. The van der Waals surface area contributed by atoms with Gasteiger partial charge in [-0.3, -0.25) is 0 Å². The lowest BCUT2D eigenvalue weighted by molar-refractivity contribution is 0.182. The molecule has 0 saturated heterocycles. The van der Waals surface area contributed by atoms with Gasteiger partial charge in [-0.2, -0.15) is 5.26 Å². The zero-order chi connectivity index (χ0) is 25.3. The van der Waals surface area contributed by atoms with Gasteiger partial charge in [0.1, 0.15) is 17.6 Å². The minimum absolute atomic E-state index is 0.00334. The summed E-state index contributed by atoms with van der Waals surface area (Å²) in [5.74, 6) is -1.95. The Morgan fingerprint density at radius 2 is 1.83 bits per heavy atom. The zero-order valence-corrected chi connectivity index (χ0v) is 19.4. The third kappa shape index (κ3) is 4.61. The van der Waals surface area contributed by atoms with Crippen LogP contribution in [0.5, 0.6) is 11.5 Å². The number of aryl methyl sites for hydroxylation is 1. The number of aliphatic hydroxyl groups is 1. The van der Waals surface area contributed by atoms with Crippen molar-refractivity contribution in [1.82, 2.24) is 3.97 Å². The lowest BCUT2D eigenvalue weighted by atomic mass is 10.0. The number of aliphatic hydroxyl groups excluding tert-OH is 1. The second-order valence-electron chi connectivity index (χ2n) is 7.98. The topological polar surface area (TPSA) is 118 Å². The van der Waals surface area contributed by atoms with Gasteiger partial charge in [-0.05, 0) is 37.3 Å². The summed E-state index contributed by atoms with van der Waals surface area (Å²) in [5, 5.41) is 19.6. The van der Waals surface area contributed by atoms with E-state index >= 15 is 4.39 Å². The molecular formula is C25H21F2N3O4S. The fourth-order valence-corrected chi connectivity index (χ4v) is 5.05. The van der Waals surface area contributed by atoms with Crippen molar-refractivity contribution in [3.8, 4) is 17.6 Å². The van der Waals surface area contributed by atoms with E-state index in [2.05, 4.69) is 0 Å². The van der Waals surface area contributed by atoms with Crippen LogP contribution in [-0.4, -0.2) is 30.1 Å². The van der Waals surface area contributed by atoms with Crippen LogP contribution in [-0.2, 0) is 16.4 Å². The number of fused-ring (bicyclic) bond motifs is 1. The molecule has 0 aliphatic rings. The highest BCUT2D eigenvalue weighted by atomic mass is 32.2. The van der Waals surface area contributed by atoms with Crippen LogP contribution in [0.15, 0.2) is 65.7 Å². The molecule has 4 rings (SSSR count). The van der Waals surface area contributed by atoms with Gasteiger partial charge in [0, 0.05) is 42.2 Å². The monoisotopic (exact) mass is 497 g/mol. The summed E-state index contributed by atoms with van der Waals surface area (Å²) in [4.78, 5) is 0.0280. The Hall–Kier alpha value is -3.78. The van der Waals surface area contributed by atoms with Crippen molar-refractivity contribution in [3.05, 3.63) is 89.1 Å². The highest BCUT2D eigenvalue weighted by Crippen LogP contribution is 2.37. The summed E-state index contributed by atoms with van der Waals surface area (Å²) >= 11 is 0. The molecule has 0 radical (unpaired) electrons. The van der Waals surface area contributed by atoms with Gasteiger partial charge in [-0.15, -0.1) is 0 Å². The largest absolute Gasteiger partial charge is 0.454 e. The number of nitrogens with zero attached hydrogens (tertiary/aromatic N) is 2. The smallest absolute Gasteiger partial charge is 0.268 e. The first-order valence-electron chi connectivity index (χ1n) is 10.6. The zero-order valence-electron chi connectivity index (χ0n) is 18.6. The first kappa shape index (κ1) is 24.3. The Morgan fingerprint density at radius 3 is 2.49 bits per heavy atom. The quantitative estimate of drug-likeness (QED) is 0.399. The van der Waals surface area contributed by atoms with Gasteiger partial charge in [0.2, 0.25) is 0 Å². The maximum absolute atomic E-state index is 15.4. The minimum Gasteiger partial charge on any atom is -0.454 e. The molecule has 3 aromatic carbocycles. The highest BCUT2D eigenvalue weighted by Gasteiger charge is 2.25. The van der Waals surface area contributed by atoms with E-state index in [1.54, 1.807) is 18.2 Å². The molecule has 180 valence electrons. The molecule has 1 unspecified atom stereocenters. The first-order chi connectivity index (χ1) is 16.6. The van der Waals surface area contributed by atoms with Crippen LogP contribution in [0.2, 0.25) is 0 Å². The summed E-state index contributed by atoms with van der Waals surface area (Å²) in [6, 6.07) is 13.8. The second-order valence-corrected chi connectivity index (χ2v) is 9.79. The third-order valence-electron chi connectivity index (χ3n) is 5.54. The van der Waals surface area contributed by atoms with Crippen LogP contribution in [0.1, 0.15) is 16.7 Å². The molecule has 0 fully saturated rings. The molecule has 0 amide bonds. The normalized spacial score (nSPS) is 12.5. The van der Waals surface area contributed by atoms with Crippen molar-refractivity contribution in [2.75, 3.05) is 6.54 Å². The molecule has 0 saturated carbocycles. The van der Waals surface area contributed by atoms with Crippen molar-refractivity contribution in [2.24, 2.45) is 5.73 Å². The van der Waals surface area contributed by atoms with E-state index in [1.807, 2.05) is 6.92 Å². The van der Waals surface area contributed by atoms with Gasteiger partial charge in [0.25, 0.3) is 10.0 Å². The molecule has 1 heterocycles. The SMILES string of the molecule is Cc1ccc(S(=O)(=O)n2ccc3c(CC(O)CN)c(Oc4ccc(F)c(C#N)c4)c(F)cc32)cc1. The van der Waals surface area contributed by atoms with Crippen LogP contribution in [0, 0.1) is 29.9 Å². The number of rotatable bonds is 7. The molecule has 0 aliphatic heterocycles. The number of ether oxygens (including phenoxy) is 1. The van der Waals surface area contributed by atoms with Gasteiger partial charge >= 0.3 is 0 Å². The number of nitriles is 1. The van der Waals surface area contributed by atoms with Crippen LogP contribution in [0.3, 0.4) is 0 Å². The van der Waals surface area contributed by atoms with Crippen LogP contribution >= 0.6 is 0 Å². The summed E-state index contributed by atoms with van der Waals surface area (Å²) < 4.78 is 62.3. The van der Waals surface area contributed by atoms with Crippen molar-refractivity contribution in [1.29, 1.82) is 5.26 Å². The van der Waals surface area contributed by atoms with E-state index in [1.165, 1.54) is 30.5 Å². The van der Waals surface area contributed by atoms with Gasteiger partial charge in [-0.1, -0.05) is 17.7 Å². The van der Waals surface area contributed by atoms with E-state index in [0.29, 0.717) is 5.39 Å². The molecule has 7 nitrogen and oxygen atoms in total. The number of aromatic nitrogens is 1. The van der Waals surface area contributed by atoms with E-state index in [-0.39, 0.29) is 46.0 Å². The van der Waals surface area contributed by atoms with Gasteiger partial charge in [0.05, 0.1) is 22.1 Å². The molecule has 0 bridgehead atoms. The molecule has 0 spiro atoms. The average molecular weight is 498 g/mol. The fourth-order valence-electron chi connectivity index (χ4n) is 3.71. The average Bonchev–Trinajstić information content (AvgIpc) is 3.26. The van der Waals surface area contributed by atoms with Crippen molar-refractivity contribution in [3.63, 3.8) is 0 Å². The Labute approximate surface area is 200 Å². The Balaban J connectivity index is 1.89. The number of hydrogen-bond acceptors (Lipinski definition) is 6. The number of benzene rings is 3. The van der Waals surface area contributed by atoms with Gasteiger partial charge in [0.15, 0.2) is 11.6 Å². The molecule has 35 heavy (non-hydrogen) atoms. The maximum atomic E-state index is 15.4. The number of nitrogens with two attached hydrogens (primary N) is 1. The van der Waals surface area contributed by atoms with E-state index in [4.69, 9.17) is 15.7 Å². The lowest BCUT2D eigenvalue weighted by Gasteiger charge is -2.17. The van der Waals surface area contributed by atoms with Crippen molar-refractivity contribution >= 4 is 20.9 Å². The summed E-state index contributed by atoms with van der Waals surface area (Å²) in [5.41, 5.74) is 6.38. The highest BCUT2D eigenvalue weighted by molar-refractivity contribution is 7.90. The van der Waals surface area contributed by atoms with Gasteiger partial charge < -0.3 is 15.6 Å². The maximum Gasteiger partial charge on any atom is 0.268 e. The Bertz CT molecular complexity index is 1560. The molecule has 4 aromatic rings. The Morgan fingerprint density at radius 1 is 1.11 bits per heavy atom. The number of halogens is 2.